The molecule has 174 valence electrons. The Hall–Kier alpha value is -4.08. The summed E-state index contributed by atoms with van der Waals surface area (Å²) in [5, 5.41) is 2.78. The Morgan fingerprint density at radius 3 is 2.41 bits per heavy atom. The fourth-order valence-electron chi connectivity index (χ4n) is 4.04. The molecule has 1 aromatic heterocycles. The summed E-state index contributed by atoms with van der Waals surface area (Å²) in [4.78, 5) is 33.2. The van der Waals surface area contributed by atoms with Gasteiger partial charge in [0.1, 0.15) is 11.4 Å². The number of fused-ring (bicyclic) bond motifs is 2. The molecule has 2 aromatic carbocycles. The summed E-state index contributed by atoms with van der Waals surface area (Å²) in [6.07, 6.45) is -4.61. The summed E-state index contributed by atoms with van der Waals surface area (Å²) in [5.74, 6) is 0.195. The summed E-state index contributed by atoms with van der Waals surface area (Å²) in [5.41, 5.74) is -0.467. The molecule has 2 amide bonds. The van der Waals surface area contributed by atoms with Crippen LogP contribution in [-0.4, -0.2) is 47.9 Å². The van der Waals surface area contributed by atoms with Crippen LogP contribution in [0.1, 0.15) is 26.3 Å². The van der Waals surface area contributed by atoms with Crippen molar-refractivity contribution in [3.8, 4) is 11.6 Å². The SMILES string of the molecule is O=C1Nc2ccccc2Oc2nc(N3CCN(C(=O)c4ccccc4C(F)(F)F)CC3)ccc21. The highest BCUT2D eigenvalue weighted by Crippen LogP contribution is 2.36. The second-order valence-corrected chi connectivity index (χ2v) is 7.90. The highest BCUT2D eigenvalue weighted by atomic mass is 19.4. The number of rotatable bonds is 2. The lowest BCUT2D eigenvalue weighted by atomic mass is 10.1. The summed E-state index contributed by atoms with van der Waals surface area (Å²) in [7, 11) is 0. The molecule has 10 heteroatoms. The van der Waals surface area contributed by atoms with E-state index in [2.05, 4.69) is 10.3 Å². The van der Waals surface area contributed by atoms with E-state index in [1.807, 2.05) is 4.90 Å². The first-order chi connectivity index (χ1) is 16.3. The Kier molecular flexibility index (Phi) is 5.35. The molecule has 0 aliphatic carbocycles. The third-order valence-corrected chi connectivity index (χ3v) is 5.79. The quantitative estimate of drug-likeness (QED) is 0.603. The van der Waals surface area contributed by atoms with Crippen molar-refractivity contribution >= 4 is 23.3 Å². The Bertz CT molecular complexity index is 1270. The molecule has 1 N–H and O–H groups in total. The van der Waals surface area contributed by atoms with Gasteiger partial charge < -0.3 is 19.9 Å². The normalized spacial score (nSPS) is 15.6. The topological polar surface area (TPSA) is 74.8 Å². The molecular weight excluding hydrogens is 449 g/mol. The Labute approximate surface area is 192 Å². The van der Waals surface area contributed by atoms with Gasteiger partial charge >= 0.3 is 6.18 Å². The number of carbonyl (C=O) groups excluding carboxylic acids is 2. The van der Waals surface area contributed by atoms with Crippen LogP contribution in [0.3, 0.4) is 0 Å². The fourth-order valence-corrected chi connectivity index (χ4v) is 4.04. The van der Waals surface area contributed by atoms with Crippen LogP contribution < -0.4 is 15.0 Å². The van der Waals surface area contributed by atoms with Crippen molar-refractivity contribution in [2.75, 3.05) is 36.4 Å². The van der Waals surface area contributed by atoms with Crippen LogP contribution in [0.2, 0.25) is 0 Å². The van der Waals surface area contributed by atoms with Gasteiger partial charge in [-0.3, -0.25) is 9.59 Å². The van der Waals surface area contributed by atoms with Crippen LogP contribution in [0.25, 0.3) is 0 Å². The number of ether oxygens (including phenoxy) is 1. The first-order valence-corrected chi connectivity index (χ1v) is 10.6. The minimum atomic E-state index is -4.61. The van der Waals surface area contributed by atoms with Crippen LogP contribution in [0, 0.1) is 0 Å². The minimum absolute atomic E-state index is 0.164. The van der Waals surface area contributed by atoms with Gasteiger partial charge in [-0.05, 0) is 36.4 Å². The maximum Gasteiger partial charge on any atom is 0.417 e. The molecule has 0 unspecified atom stereocenters. The number of nitrogens with zero attached hydrogens (tertiary/aromatic N) is 3. The van der Waals surface area contributed by atoms with E-state index in [0.717, 1.165) is 6.07 Å². The standard InChI is InChI=1S/C24H19F3N4O3/c25-24(26,27)17-6-2-1-5-15(17)23(33)31-13-11-30(12-14-31)20-10-9-16-21(32)28-18-7-3-4-8-19(18)34-22(16)29-20/h1-10H,11-14H2,(H,28,32). The van der Waals surface area contributed by atoms with Gasteiger partial charge in [-0.25, -0.2) is 0 Å². The zero-order valence-electron chi connectivity index (χ0n) is 17.8. The molecule has 0 spiro atoms. The lowest BCUT2D eigenvalue weighted by Crippen LogP contribution is -2.49. The van der Waals surface area contributed by atoms with E-state index in [1.165, 1.54) is 23.1 Å². The number of para-hydroxylation sites is 2. The number of alkyl halides is 3. The van der Waals surface area contributed by atoms with Gasteiger partial charge in [-0.15, -0.1) is 0 Å². The third kappa shape index (κ3) is 4.02. The highest BCUT2D eigenvalue weighted by Gasteiger charge is 2.36. The van der Waals surface area contributed by atoms with E-state index in [0.29, 0.717) is 30.3 Å². The van der Waals surface area contributed by atoms with Crippen LogP contribution in [0.15, 0.2) is 60.7 Å². The number of anilines is 2. The van der Waals surface area contributed by atoms with E-state index in [9.17, 15) is 22.8 Å². The lowest BCUT2D eigenvalue weighted by molar-refractivity contribution is -0.138. The third-order valence-electron chi connectivity index (χ3n) is 5.79. The Balaban J connectivity index is 1.32. The number of hydrogen-bond acceptors (Lipinski definition) is 5. The van der Waals surface area contributed by atoms with Crippen molar-refractivity contribution in [1.82, 2.24) is 9.88 Å². The van der Waals surface area contributed by atoms with Crippen molar-refractivity contribution < 1.29 is 27.5 Å². The fraction of sp³-hybridized carbons (Fsp3) is 0.208. The molecule has 7 nitrogen and oxygen atoms in total. The largest absolute Gasteiger partial charge is 0.436 e. The predicted octanol–water partition coefficient (Wildman–Crippen LogP) is 4.42. The van der Waals surface area contributed by atoms with E-state index in [4.69, 9.17) is 4.74 Å². The Morgan fingerprint density at radius 1 is 0.941 bits per heavy atom. The van der Waals surface area contributed by atoms with Crippen molar-refractivity contribution in [2.24, 2.45) is 0 Å². The zero-order valence-corrected chi connectivity index (χ0v) is 17.8. The average Bonchev–Trinajstić information content (AvgIpc) is 2.98. The lowest BCUT2D eigenvalue weighted by Gasteiger charge is -2.36. The molecule has 1 fully saturated rings. The second-order valence-electron chi connectivity index (χ2n) is 7.90. The van der Waals surface area contributed by atoms with Gasteiger partial charge in [-0.1, -0.05) is 24.3 Å². The summed E-state index contributed by atoms with van der Waals surface area (Å²) in [6.45, 7) is 1.20. The Morgan fingerprint density at radius 2 is 1.65 bits per heavy atom. The molecule has 0 saturated carbocycles. The van der Waals surface area contributed by atoms with Gasteiger partial charge in [0, 0.05) is 26.2 Å². The molecule has 0 atom stereocenters. The molecule has 34 heavy (non-hydrogen) atoms. The summed E-state index contributed by atoms with van der Waals surface area (Å²) >= 11 is 0. The van der Waals surface area contributed by atoms with Crippen LogP contribution in [-0.2, 0) is 6.18 Å². The van der Waals surface area contributed by atoms with Crippen molar-refractivity contribution in [2.45, 2.75) is 6.18 Å². The number of hydrogen-bond donors (Lipinski definition) is 1. The number of benzene rings is 2. The summed E-state index contributed by atoms with van der Waals surface area (Å²) < 4.78 is 45.8. The minimum Gasteiger partial charge on any atom is -0.436 e. The van der Waals surface area contributed by atoms with E-state index in [1.54, 1.807) is 36.4 Å². The van der Waals surface area contributed by atoms with E-state index < -0.39 is 17.6 Å². The molecule has 1 saturated heterocycles. The molecular formula is C24H19F3N4O3. The number of pyridine rings is 1. The molecule has 3 heterocycles. The van der Waals surface area contributed by atoms with Crippen LogP contribution >= 0.6 is 0 Å². The first kappa shape index (κ1) is 21.7. The predicted molar refractivity (Wildman–Crippen MR) is 118 cm³/mol. The summed E-state index contributed by atoms with van der Waals surface area (Å²) in [6, 6.07) is 15.1. The number of piperazine rings is 1. The van der Waals surface area contributed by atoms with Crippen LogP contribution in [0.5, 0.6) is 11.6 Å². The number of nitrogens with one attached hydrogen (secondary N) is 1. The van der Waals surface area contributed by atoms with E-state index >= 15 is 0 Å². The number of halogens is 3. The van der Waals surface area contributed by atoms with Gasteiger partial charge in [0.2, 0.25) is 5.88 Å². The van der Waals surface area contributed by atoms with Gasteiger partial charge in [-0.2, -0.15) is 18.2 Å². The first-order valence-electron chi connectivity index (χ1n) is 10.6. The van der Waals surface area contributed by atoms with Gasteiger partial charge in [0.05, 0.1) is 16.8 Å². The molecule has 3 aromatic rings. The van der Waals surface area contributed by atoms with Crippen molar-refractivity contribution in [3.63, 3.8) is 0 Å². The van der Waals surface area contributed by atoms with Crippen molar-refractivity contribution in [3.05, 3.63) is 77.4 Å². The average molecular weight is 468 g/mol. The number of carbonyl (C=O) groups is 2. The molecule has 2 aliphatic rings. The second kappa shape index (κ2) is 8.36. The van der Waals surface area contributed by atoms with Crippen molar-refractivity contribution in [1.29, 1.82) is 0 Å². The molecule has 2 aliphatic heterocycles. The van der Waals surface area contributed by atoms with Crippen LogP contribution in [0.4, 0.5) is 24.7 Å². The number of amides is 2. The molecule has 5 rings (SSSR count). The highest BCUT2D eigenvalue weighted by molar-refractivity contribution is 6.07. The maximum absolute atomic E-state index is 13.3. The molecule has 0 radical (unpaired) electrons. The smallest absolute Gasteiger partial charge is 0.417 e. The van der Waals surface area contributed by atoms with Gasteiger partial charge in [0.25, 0.3) is 11.8 Å². The molecule has 0 bridgehead atoms. The van der Waals surface area contributed by atoms with Gasteiger partial charge in [0.15, 0.2) is 5.75 Å². The maximum atomic E-state index is 13.3. The monoisotopic (exact) mass is 468 g/mol. The van der Waals surface area contributed by atoms with E-state index in [-0.39, 0.29) is 36.0 Å². The number of aromatic nitrogens is 1. The zero-order chi connectivity index (χ0) is 23.9.